The Hall–Kier alpha value is -1.60. The number of ketones is 1. The van der Waals surface area contributed by atoms with Crippen LogP contribution in [0.2, 0.25) is 0 Å². The highest BCUT2D eigenvalue weighted by Crippen LogP contribution is 2.13. The van der Waals surface area contributed by atoms with E-state index in [1.54, 1.807) is 18.4 Å². The Morgan fingerprint density at radius 3 is 2.80 bits per heavy atom. The molecule has 1 aromatic heterocycles. The normalized spacial score (nSPS) is 8.93. The minimum atomic E-state index is -0.548. The summed E-state index contributed by atoms with van der Waals surface area (Å²) >= 11 is 1.32. The molecule has 0 atom stereocenters. The van der Waals surface area contributed by atoms with E-state index < -0.39 is 5.97 Å². The Morgan fingerprint density at radius 2 is 2.27 bits per heavy atom. The van der Waals surface area contributed by atoms with Crippen molar-refractivity contribution in [3.63, 3.8) is 0 Å². The van der Waals surface area contributed by atoms with Crippen LogP contribution >= 0.6 is 11.3 Å². The average Bonchev–Trinajstić information content (AvgIpc) is 2.63. The minimum Gasteiger partial charge on any atom is -0.456 e. The van der Waals surface area contributed by atoms with E-state index in [1.165, 1.54) is 18.3 Å². The Balaban J connectivity index is 2.72. The molecule has 0 amide bonds. The average molecular weight is 222 g/mol. The fourth-order valence-electron chi connectivity index (χ4n) is 0.877. The van der Waals surface area contributed by atoms with Gasteiger partial charge in [-0.15, -0.1) is 11.3 Å². The first kappa shape index (κ1) is 11.5. The van der Waals surface area contributed by atoms with Gasteiger partial charge in [-0.1, -0.05) is 5.92 Å². The lowest BCUT2D eigenvalue weighted by atomic mass is 10.3. The molecule has 1 rings (SSSR count). The number of thiophene rings is 1. The van der Waals surface area contributed by atoms with Gasteiger partial charge in [0.1, 0.15) is 0 Å². The van der Waals surface area contributed by atoms with Crippen LogP contribution in [0.4, 0.5) is 0 Å². The smallest absolute Gasteiger partial charge is 0.384 e. The molecule has 0 bridgehead atoms. The predicted octanol–water partition coefficient (Wildman–Crippen LogP) is 1.87. The summed E-state index contributed by atoms with van der Waals surface area (Å²) in [5.74, 6) is 4.43. The fraction of sp³-hybridized carbons (Fsp3) is 0.273. The van der Waals surface area contributed by atoms with Crippen LogP contribution in [0.1, 0.15) is 29.1 Å². The van der Waals surface area contributed by atoms with Crippen LogP contribution in [0, 0.1) is 11.8 Å². The van der Waals surface area contributed by atoms with Gasteiger partial charge in [0.2, 0.25) is 0 Å². The van der Waals surface area contributed by atoms with Gasteiger partial charge in [0.25, 0.3) is 0 Å². The summed E-state index contributed by atoms with van der Waals surface area (Å²) in [5.41, 5.74) is 0.665. The minimum absolute atomic E-state index is 0.00387. The monoisotopic (exact) mass is 222 g/mol. The van der Waals surface area contributed by atoms with Crippen LogP contribution in [-0.4, -0.2) is 18.4 Å². The van der Waals surface area contributed by atoms with E-state index in [0.29, 0.717) is 17.0 Å². The van der Waals surface area contributed by atoms with E-state index in [4.69, 9.17) is 0 Å². The standard InChI is InChI=1S/C11H10O3S/c1-3-14-11(13)5-4-9-6-10(8(2)12)15-7-9/h6-7H,3H2,1-2H3. The third-order valence-corrected chi connectivity index (χ3v) is 2.56. The maximum absolute atomic E-state index is 11.0. The van der Waals surface area contributed by atoms with Gasteiger partial charge in [-0.2, -0.15) is 0 Å². The highest BCUT2D eigenvalue weighted by atomic mass is 32.1. The Labute approximate surface area is 92.1 Å². The lowest BCUT2D eigenvalue weighted by Gasteiger charge is -1.90. The Kier molecular flexibility index (Phi) is 4.07. The van der Waals surface area contributed by atoms with Crippen molar-refractivity contribution in [1.82, 2.24) is 0 Å². The number of hydrogen-bond donors (Lipinski definition) is 0. The highest BCUT2D eigenvalue weighted by molar-refractivity contribution is 7.12. The highest BCUT2D eigenvalue weighted by Gasteiger charge is 2.02. The molecule has 78 valence electrons. The molecule has 1 aromatic rings. The topological polar surface area (TPSA) is 43.4 Å². The molecule has 0 aliphatic heterocycles. The van der Waals surface area contributed by atoms with Crippen molar-refractivity contribution < 1.29 is 14.3 Å². The number of esters is 1. The summed E-state index contributed by atoms with van der Waals surface area (Å²) in [6.07, 6.45) is 0. The van der Waals surface area contributed by atoms with Crippen LogP contribution in [0.15, 0.2) is 11.4 Å². The summed E-state index contributed by atoms with van der Waals surface area (Å²) < 4.78 is 4.64. The fourth-order valence-corrected chi connectivity index (χ4v) is 1.62. The summed E-state index contributed by atoms with van der Waals surface area (Å²) in [4.78, 5) is 22.5. The molecule has 0 fully saturated rings. The SMILES string of the molecule is CCOC(=O)C#Cc1csc(C(C)=O)c1. The van der Waals surface area contributed by atoms with Crippen molar-refractivity contribution in [1.29, 1.82) is 0 Å². The molecule has 0 aromatic carbocycles. The van der Waals surface area contributed by atoms with Crippen LogP contribution in [0.3, 0.4) is 0 Å². The molecule has 0 radical (unpaired) electrons. The predicted molar refractivity (Wildman–Crippen MR) is 57.8 cm³/mol. The van der Waals surface area contributed by atoms with E-state index in [-0.39, 0.29) is 5.78 Å². The van der Waals surface area contributed by atoms with Crippen LogP contribution in [0.25, 0.3) is 0 Å². The molecular formula is C11H10O3S. The van der Waals surface area contributed by atoms with E-state index in [1.807, 2.05) is 0 Å². The van der Waals surface area contributed by atoms with E-state index in [9.17, 15) is 9.59 Å². The number of carbonyl (C=O) groups is 2. The molecule has 0 spiro atoms. The summed E-state index contributed by atoms with van der Waals surface area (Å²) in [6.45, 7) is 3.53. The molecule has 0 saturated carbocycles. The zero-order valence-corrected chi connectivity index (χ0v) is 9.31. The van der Waals surface area contributed by atoms with E-state index >= 15 is 0 Å². The lowest BCUT2D eigenvalue weighted by molar-refractivity contribution is -0.136. The molecular weight excluding hydrogens is 212 g/mol. The van der Waals surface area contributed by atoms with Crippen molar-refractivity contribution >= 4 is 23.1 Å². The third-order valence-electron chi connectivity index (χ3n) is 1.53. The van der Waals surface area contributed by atoms with Crippen LogP contribution in [0.5, 0.6) is 0 Å². The first-order chi connectivity index (χ1) is 7.13. The molecule has 15 heavy (non-hydrogen) atoms. The third kappa shape index (κ3) is 3.56. The van der Waals surface area contributed by atoms with E-state index in [0.717, 1.165) is 0 Å². The summed E-state index contributed by atoms with van der Waals surface area (Å²) in [7, 11) is 0. The molecule has 0 saturated heterocycles. The number of rotatable bonds is 2. The largest absolute Gasteiger partial charge is 0.456 e. The van der Waals surface area contributed by atoms with Crippen molar-refractivity contribution in [2.45, 2.75) is 13.8 Å². The second-order valence-corrected chi connectivity index (χ2v) is 3.64. The molecule has 4 heteroatoms. The lowest BCUT2D eigenvalue weighted by Crippen LogP contribution is -1.99. The van der Waals surface area contributed by atoms with Gasteiger partial charge in [0.15, 0.2) is 5.78 Å². The maximum Gasteiger partial charge on any atom is 0.384 e. The van der Waals surface area contributed by atoms with Crippen molar-refractivity contribution in [2.24, 2.45) is 0 Å². The van der Waals surface area contributed by atoms with E-state index in [2.05, 4.69) is 16.6 Å². The van der Waals surface area contributed by atoms with Gasteiger partial charge < -0.3 is 4.74 Å². The van der Waals surface area contributed by atoms with Crippen LogP contribution < -0.4 is 0 Å². The summed E-state index contributed by atoms with van der Waals surface area (Å²) in [6, 6.07) is 1.67. The first-order valence-electron chi connectivity index (χ1n) is 4.41. The molecule has 3 nitrogen and oxygen atoms in total. The van der Waals surface area contributed by atoms with Gasteiger partial charge >= 0.3 is 5.97 Å². The zero-order valence-electron chi connectivity index (χ0n) is 8.49. The summed E-state index contributed by atoms with van der Waals surface area (Å²) in [5, 5.41) is 1.74. The van der Waals surface area contributed by atoms with Crippen molar-refractivity contribution in [2.75, 3.05) is 6.61 Å². The molecule has 0 aliphatic rings. The first-order valence-corrected chi connectivity index (χ1v) is 5.29. The number of carbonyl (C=O) groups excluding carboxylic acids is 2. The molecule has 0 aliphatic carbocycles. The van der Waals surface area contributed by atoms with Crippen molar-refractivity contribution in [3.8, 4) is 11.8 Å². The number of ether oxygens (including phenoxy) is 1. The Morgan fingerprint density at radius 1 is 1.53 bits per heavy atom. The zero-order chi connectivity index (χ0) is 11.3. The van der Waals surface area contributed by atoms with Gasteiger partial charge in [0, 0.05) is 16.9 Å². The molecule has 0 N–H and O–H groups in total. The molecule has 1 heterocycles. The maximum atomic E-state index is 11.0. The number of hydrogen-bond acceptors (Lipinski definition) is 4. The quantitative estimate of drug-likeness (QED) is 0.436. The van der Waals surface area contributed by atoms with Gasteiger partial charge in [-0.25, -0.2) is 4.79 Å². The second kappa shape index (κ2) is 5.32. The Bertz CT molecular complexity index is 434. The van der Waals surface area contributed by atoms with Crippen LogP contribution in [-0.2, 0) is 9.53 Å². The van der Waals surface area contributed by atoms with Crippen molar-refractivity contribution in [3.05, 3.63) is 21.9 Å². The second-order valence-electron chi connectivity index (χ2n) is 2.73. The van der Waals surface area contributed by atoms with Gasteiger partial charge in [-0.3, -0.25) is 4.79 Å². The van der Waals surface area contributed by atoms with Gasteiger partial charge in [0.05, 0.1) is 11.5 Å². The number of Topliss-reactive ketones (excluding diaryl/α,β-unsaturated/α-hetero) is 1. The molecule has 0 unspecified atom stereocenters. The van der Waals surface area contributed by atoms with Gasteiger partial charge in [-0.05, 0) is 19.9 Å².